The maximum absolute atomic E-state index is 14.6. The minimum absolute atomic E-state index is 0.194. The summed E-state index contributed by atoms with van der Waals surface area (Å²) in [5, 5.41) is -3.91. The predicted molar refractivity (Wildman–Crippen MR) is 109 cm³/mol. The zero-order valence-electron chi connectivity index (χ0n) is 17.1. The second kappa shape index (κ2) is 10.3. The number of halogens is 6. The van der Waals surface area contributed by atoms with E-state index in [0.29, 0.717) is 43.6 Å². The second-order valence-corrected chi connectivity index (χ2v) is 8.24. The summed E-state index contributed by atoms with van der Waals surface area (Å²) in [4.78, 5) is 0. The van der Waals surface area contributed by atoms with Crippen molar-refractivity contribution in [3.63, 3.8) is 0 Å². The Hall–Kier alpha value is -1.70. The topological polar surface area (TPSA) is 18.5 Å². The van der Waals surface area contributed by atoms with Gasteiger partial charge in [0.15, 0.2) is 6.29 Å². The summed E-state index contributed by atoms with van der Waals surface area (Å²) < 4.78 is 80.8. The number of unbranched alkanes of at least 4 members (excludes halogenated alkanes) is 1. The number of benzene rings is 2. The van der Waals surface area contributed by atoms with Gasteiger partial charge in [-0.1, -0.05) is 25.8 Å². The first-order valence-corrected chi connectivity index (χ1v) is 10.6. The quantitative estimate of drug-likeness (QED) is 0.306. The molecule has 0 radical (unpaired) electrons. The summed E-state index contributed by atoms with van der Waals surface area (Å²) in [6.45, 7) is 3.34. The number of rotatable bonds is 8. The van der Waals surface area contributed by atoms with Gasteiger partial charge in [0, 0.05) is 12.3 Å². The number of aryl methyl sites for hydroxylation is 1. The Bertz CT molecular complexity index is 869. The Morgan fingerprint density at radius 3 is 2.16 bits per heavy atom. The molecule has 0 bridgehead atoms. The summed E-state index contributed by atoms with van der Waals surface area (Å²) in [5.41, 5.74) is -1.35. The highest BCUT2D eigenvalue weighted by atomic mass is 35.5. The molecule has 1 aliphatic rings. The minimum Gasteiger partial charge on any atom is -0.352 e. The molecule has 2 aromatic rings. The van der Waals surface area contributed by atoms with Crippen LogP contribution >= 0.6 is 11.6 Å². The molecule has 170 valence electrons. The molecular weight excluding hydrogens is 439 g/mol. The van der Waals surface area contributed by atoms with Gasteiger partial charge in [0.25, 0.3) is 0 Å². The van der Waals surface area contributed by atoms with E-state index < -0.39 is 40.3 Å². The Morgan fingerprint density at radius 2 is 1.61 bits per heavy atom. The van der Waals surface area contributed by atoms with E-state index >= 15 is 0 Å². The molecule has 1 saturated heterocycles. The molecule has 0 atom stereocenters. The summed E-state index contributed by atoms with van der Waals surface area (Å²) in [7, 11) is 0. The van der Waals surface area contributed by atoms with Gasteiger partial charge in [-0.05, 0) is 59.8 Å². The third-order valence-corrected chi connectivity index (χ3v) is 5.54. The fourth-order valence-electron chi connectivity index (χ4n) is 3.64. The Labute approximate surface area is 183 Å². The molecule has 8 heteroatoms. The molecule has 1 heterocycles. The van der Waals surface area contributed by atoms with Gasteiger partial charge in [0.05, 0.1) is 24.3 Å². The van der Waals surface area contributed by atoms with E-state index in [-0.39, 0.29) is 5.56 Å². The van der Waals surface area contributed by atoms with Gasteiger partial charge in [0.2, 0.25) is 0 Å². The van der Waals surface area contributed by atoms with Crippen LogP contribution in [0.2, 0.25) is 0 Å². The summed E-state index contributed by atoms with van der Waals surface area (Å²) in [6, 6.07) is 4.66. The van der Waals surface area contributed by atoms with Crippen molar-refractivity contribution in [2.24, 2.45) is 5.92 Å². The van der Waals surface area contributed by atoms with E-state index in [2.05, 4.69) is 6.92 Å². The first kappa shape index (κ1) is 24.0. The number of ether oxygens (including phenoxy) is 2. The molecule has 0 unspecified atom stereocenters. The lowest BCUT2D eigenvalue weighted by molar-refractivity contribution is -0.203. The van der Waals surface area contributed by atoms with E-state index in [9.17, 15) is 22.0 Å². The van der Waals surface area contributed by atoms with Crippen molar-refractivity contribution in [3.05, 3.63) is 58.9 Å². The summed E-state index contributed by atoms with van der Waals surface area (Å²) in [6.07, 6.45) is 3.61. The zero-order chi connectivity index (χ0) is 22.6. The third-order valence-electron chi connectivity index (χ3n) is 5.34. The second-order valence-electron chi connectivity index (χ2n) is 7.77. The van der Waals surface area contributed by atoms with Crippen molar-refractivity contribution < 1.29 is 31.4 Å². The van der Waals surface area contributed by atoms with Crippen LogP contribution in [-0.4, -0.2) is 19.5 Å². The first-order valence-electron chi connectivity index (χ1n) is 10.3. The number of hydrogen-bond donors (Lipinski definition) is 0. The van der Waals surface area contributed by atoms with Crippen LogP contribution < -0.4 is 0 Å². The van der Waals surface area contributed by atoms with Crippen molar-refractivity contribution >= 4 is 11.6 Å². The van der Waals surface area contributed by atoms with Crippen LogP contribution in [0.5, 0.6) is 0 Å². The van der Waals surface area contributed by atoms with E-state index in [1.165, 1.54) is 0 Å². The number of hydrogen-bond acceptors (Lipinski definition) is 2. The van der Waals surface area contributed by atoms with E-state index in [0.717, 1.165) is 43.5 Å². The average molecular weight is 463 g/mol. The first-order chi connectivity index (χ1) is 14.7. The number of alkyl halides is 3. The molecule has 2 nitrogen and oxygen atoms in total. The third kappa shape index (κ3) is 6.18. The maximum atomic E-state index is 14.6. The molecular formula is C23H24ClF5O2. The van der Waals surface area contributed by atoms with E-state index in [1.54, 1.807) is 0 Å². The van der Waals surface area contributed by atoms with Gasteiger partial charge >= 0.3 is 5.38 Å². The molecule has 1 aliphatic heterocycles. The van der Waals surface area contributed by atoms with Crippen LogP contribution in [0.3, 0.4) is 0 Å². The Kier molecular flexibility index (Phi) is 7.94. The van der Waals surface area contributed by atoms with E-state index in [1.807, 2.05) is 0 Å². The fourth-order valence-corrected chi connectivity index (χ4v) is 3.79. The zero-order valence-corrected chi connectivity index (χ0v) is 17.8. The highest BCUT2D eigenvalue weighted by Gasteiger charge is 2.32. The molecule has 0 aliphatic carbocycles. The Balaban J connectivity index is 1.65. The molecule has 3 rings (SSSR count). The molecule has 1 fully saturated rings. The van der Waals surface area contributed by atoms with Gasteiger partial charge in [0.1, 0.15) is 17.5 Å². The van der Waals surface area contributed by atoms with Crippen molar-refractivity contribution in [3.8, 4) is 11.1 Å². The van der Waals surface area contributed by atoms with Gasteiger partial charge in [-0.2, -0.15) is 8.78 Å². The van der Waals surface area contributed by atoms with Crippen LogP contribution in [0.1, 0.15) is 43.7 Å². The predicted octanol–water partition coefficient (Wildman–Crippen LogP) is 7.17. The van der Waals surface area contributed by atoms with Crippen molar-refractivity contribution in [1.29, 1.82) is 0 Å². The highest BCUT2D eigenvalue weighted by molar-refractivity contribution is 6.21. The van der Waals surface area contributed by atoms with Gasteiger partial charge in [-0.3, -0.25) is 0 Å². The van der Waals surface area contributed by atoms with E-state index in [4.69, 9.17) is 21.1 Å². The van der Waals surface area contributed by atoms with Crippen molar-refractivity contribution in [1.82, 2.24) is 0 Å². The van der Waals surface area contributed by atoms with Crippen molar-refractivity contribution in [2.45, 2.75) is 50.7 Å². The van der Waals surface area contributed by atoms with Crippen LogP contribution in [0.25, 0.3) is 11.1 Å². The monoisotopic (exact) mass is 462 g/mol. The van der Waals surface area contributed by atoms with Gasteiger partial charge in [-0.15, -0.1) is 0 Å². The van der Waals surface area contributed by atoms with Gasteiger partial charge < -0.3 is 9.47 Å². The molecule has 0 aromatic heterocycles. The largest absolute Gasteiger partial charge is 0.352 e. The van der Waals surface area contributed by atoms with Crippen molar-refractivity contribution in [2.75, 3.05) is 13.2 Å². The lowest BCUT2D eigenvalue weighted by atomic mass is 9.99. The smallest absolute Gasteiger partial charge is 0.351 e. The maximum Gasteiger partial charge on any atom is 0.351 e. The molecule has 0 N–H and O–H groups in total. The summed E-state index contributed by atoms with van der Waals surface area (Å²) in [5.74, 6) is -2.80. The Morgan fingerprint density at radius 1 is 0.968 bits per heavy atom. The molecule has 2 aromatic carbocycles. The highest BCUT2D eigenvalue weighted by Crippen LogP contribution is 2.37. The molecule has 0 amide bonds. The lowest BCUT2D eigenvalue weighted by Crippen LogP contribution is -2.32. The SMILES string of the molecule is CCCCC1COC(CCc2cc(F)c(-c3ccc(C(F)(F)Cl)c(F)c3)c(F)c2)OC1. The average Bonchev–Trinajstić information content (AvgIpc) is 2.70. The fraction of sp³-hybridized carbons (Fsp3) is 0.478. The minimum atomic E-state index is -3.91. The molecule has 0 saturated carbocycles. The lowest BCUT2D eigenvalue weighted by Gasteiger charge is -2.29. The van der Waals surface area contributed by atoms with Crippen LogP contribution in [0.15, 0.2) is 30.3 Å². The summed E-state index contributed by atoms with van der Waals surface area (Å²) >= 11 is 4.83. The molecule has 0 spiro atoms. The van der Waals surface area contributed by atoms with Gasteiger partial charge in [-0.25, -0.2) is 13.2 Å². The van der Waals surface area contributed by atoms with Crippen LogP contribution in [-0.2, 0) is 21.3 Å². The standard InChI is InChI=1S/C23H24ClF5O2/c1-2-3-4-15-12-30-21(31-13-15)8-5-14-9-19(26)22(20(27)10-14)16-6-7-17(18(25)11-16)23(24,28)29/h6-7,9-11,15,21H,2-5,8,12-13H2,1H3. The molecule has 31 heavy (non-hydrogen) atoms. The normalized spacial score (nSPS) is 19.6. The van der Waals surface area contributed by atoms with Crippen LogP contribution in [0, 0.1) is 23.4 Å². The van der Waals surface area contributed by atoms with Crippen LogP contribution in [0.4, 0.5) is 22.0 Å².